The third-order valence-corrected chi connectivity index (χ3v) is 3.46. The highest BCUT2D eigenvalue weighted by Gasteiger charge is 2.33. The smallest absolute Gasteiger partial charge is 0.313 e. The van der Waals surface area contributed by atoms with Crippen molar-refractivity contribution in [2.24, 2.45) is 5.92 Å². The number of carboxylic acids is 1. The highest BCUT2D eigenvalue weighted by molar-refractivity contribution is 5.80. The van der Waals surface area contributed by atoms with Crippen LogP contribution in [-0.2, 0) is 16.6 Å². The van der Waals surface area contributed by atoms with Gasteiger partial charge in [-0.05, 0) is 36.8 Å². The van der Waals surface area contributed by atoms with Crippen molar-refractivity contribution >= 4 is 5.97 Å². The number of carbonyl (C=O) groups is 1. The molecule has 0 aliphatic carbocycles. The van der Waals surface area contributed by atoms with E-state index in [9.17, 15) is 9.90 Å². The minimum atomic E-state index is -0.759. The lowest BCUT2D eigenvalue weighted by Gasteiger charge is -2.25. The first-order valence-corrected chi connectivity index (χ1v) is 6.73. The van der Waals surface area contributed by atoms with E-state index in [0.29, 0.717) is 12.3 Å². The van der Waals surface area contributed by atoms with E-state index in [1.165, 1.54) is 5.56 Å². The van der Waals surface area contributed by atoms with Gasteiger partial charge in [-0.15, -0.1) is 0 Å². The molecule has 0 heterocycles. The first kappa shape index (κ1) is 14.7. The Balaban J connectivity index is 2.97. The highest BCUT2D eigenvalue weighted by Crippen LogP contribution is 2.29. The van der Waals surface area contributed by atoms with Crippen LogP contribution in [0.3, 0.4) is 0 Å². The van der Waals surface area contributed by atoms with Crippen molar-refractivity contribution in [1.82, 2.24) is 0 Å². The summed E-state index contributed by atoms with van der Waals surface area (Å²) in [7, 11) is 0. The van der Waals surface area contributed by atoms with E-state index >= 15 is 0 Å². The third kappa shape index (κ3) is 3.34. The molecular formula is C16H24O2. The molecule has 0 aromatic heterocycles. The number of hydrogen-bond acceptors (Lipinski definition) is 1. The van der Waals surface area contributed by atoms with Crippen LogP contribution in [0.5, 0.6) is 0 Å². The monoisotopic (exact) mass is 248 g/mol. The van der Waals surface area contributed by atoms with Crippen LogP contribution in [-0.4, -0.2) is 11.1 Å². The van der Waals surface area contributed by atoms with Crippen molar-refractivity contribution in [3.8, 4) is 0 Å². The van der Waals surface area contributed by atoms with Crippen molar-refractivity contribution in [2.75, 3.05) is 0 Å². The van der Waals surface area contributed by atoms with Crippen molar-refractivity contribution in [1.29, 1.82) is 0 Å². The van der Waals surface area contributed by atoms with Gasteiger partial charge in [-0.25, -0.2) is 0 Å². The predicted octanol–water partition coefficient (Wildman–Crippen LogP) is 4.03. The molecule has 0 amide bonds. The van der Waals surface area contributed by atoms with Crippen LogP contribution >= 0.6 is 0 Å². The average Bonchev–Trinajstić information content (AvgIpc) is 2.29. The predicted molar refractivity (Wildman–Crippen MR) is 74.9 cm³/mol. The minimum absolute atomic E-state index is 0.623. The zero-order valence-corrected chi connectivity index (χ0v) is 11.9. The molecule has 0 spiro atoms. The Morgan fingerprint density at radius 3 is 2.22 bits per heavy atom. The van der Waals surface area contributed by atoms with Gasteiger partial charge in [-0.1, -0.05) is 51.5 Å². The molecule has 1 unspecified atom stereocenters. The van der Waals surface area contributed by atoms with Crippen molar-refractivity contribution in [3.05, 3.63) is 35.4 Å². The van der Waals surface area contributed by atoms with Gasteiger partial charge >= 0.3 is 5.97 Å². The second-order valence-corrected chi connectivity index (χ2v) is 5.68. The topological polar surface area (TPSA) is 37.3 Å². The number of benzene rings is 1. The van der Waals surface area contributed by atoms with Crippen molar-refractivity contribution < 1.29 is 9.90 Å². The minimum Gasteiger partial charge on any atom is -0.481 e. The van der Waals surface area contributed by atoms with Crippen LogP contribution in [0, 0.1) is 5.92 Å². The fraction of sp³-hybridized carbons (Fsp3) is 0.562. The first-order chi connectivity index (χ1) is 8.40. The fourth-order valence-corrected chi connectivity index (χ4v) is 2.35. The molecule has 1 atom stereocenters. The Bertz CT molecular complexity index is 392. The summed E-state index contributed by atoms with van der Waals surface area (Å²) in [4.78, 5) is 11.5. The largest absolute Gasteiger partial charge is 0.481 e. The molecule has 0 fully saturated rings. The Morgan fingerprint density at radius 1 is 1.28 bits per heavy atom. The number of rotatable bonds is 6. The van der Waals surface area contributed by atoms with Crippen molar-refractivity contribution in [2.45, 2.75) is 52.4 Å². The molecule has 1 aromatic rings. The van der Waals surface area contributed by atoms with Gasteiger partial charge in [0.2, 0.25) is 0 Å². The first-order valence-electron chi connectivity index (χ1n) is 6.73. The van der Waals surface area contributed by atoms with Crippen LogP contribution in [0.2, 0.25) is 0 Å². The van der Waals surface area contributed by atoms with Gasteiger partial charge in [0.1, 0.15) is 0 Å². The lowest BCUT2D eigenvalue weighted by Crippen LogP contribution is -2.32. The van der Waals surface area contributed by atoms with Crippen LogP contribution < -0.4 is 0 Å². The second kappa shape index (κ2) is 6.03. The molecule has 0 bridgehead atoms. The molecule has 1 aromatic carbocycles. The zero-order chi connectivity index (χ0) is 13.8. The highest BCUT2D eigenvalue weighted by atomic mass is 16.4. The summed E-state index contributed by atoms with van der Waals surface area (Å²) in [6.45, 7) is 8.21. The SMILES string of the molecule is CCCC(C)(C(=O)O)c1ccc(CC(C)C)cc1. The molecule has 0 aliphatic rings. The van der Waals surface area contributed by atoms with Crippen LogP contribution in [0.4, 0.5) is 0 Å². The van der Waals surface area contributed by atoms with Gasteiger partial charge in [0.05, 0.1) is 5.41 Å². The molecule has 0 radical (unpaired) electrons. The molecule has 0 aliphatic heterocycles. The number of carboxylic acid groups (broad SMARTS) is 1. The fourth-order valence-electron chi connectivity index (χ4n) is 2.35. The molecule has 2 heteroatoms. The molecule has 2 nitrogen and oxygen atoms in total. The van der Waals surface area contributed by atoms with Crippen LogP contribution in [0.15, 0.2) is 24.3 Å². The maximum Gasteiger partial charge on any atom is 0.313 e. The van der Waals surface area contributed by atoms with E-state index in [1.807, 2.05) is 26.0 Å². The maximum atomic E-state index is 11.5. The number of aliphatic carboxylic acids is 1. The average molecular weight is 248 g/mol. The van der Waals surface area contributed by atoms with E-state index in [1.54, 1.807) is 0 Å². The molecule has 0 saturated heterocycles. The Labute approximate surface area is 110 Å². The quantitative estimate of drug-likeness (QED) is 0.825. The van der Waals surface area contributed by atoms with Gasteiger partial charge in [0.15, 0.2) is 0 Å². The summed E-state index contributed by atoms with van der Waals surface area (Å²) >= 11 is 0. The van der Waals surface area contributed by atoms with Gasteiger partial charge in [0, 0.05) is 0 Å². The number of hydrogen-bond donors (Lipinski definition) is 1. The third-order valence-electron chi connectivity index (χ3n) is 3.46. The molecular weight excluding hydrogens is 224 g/mol. The summed E-state index contributed by atoms with van der Waals surface area (Å²) in [6, 6.07) is 8.07. The molecule has 18 heavy (non-hydrogen) atoms. The summed E-state index contributed by atoms with van der Waals surface area (Å²) in [5, 5.41) is 9.43. The normalized spacial score (nSPS) is 14.5. The van der Waals surface area contributed by atoms with E-state index in [-0.39, 0.29) is 0 Å². The van der Waals surface area contributed by atoms with Crippen LogP contribution in [0.25, 0.3) is 0 Å². The van der Waals surface area contributed by atoms with Gasteiger partial charge < -0.3 is 5.11 Å². The van der Waals surface area contributed by atoms with Gasteiger partial charge in [0.25, 0.3) is 0 Å². The summed E-state index contributed by atoms with van der Waals surface area (Å²) in [5.74, 6) is -0.113. The van der Waals surface area contributed by atoms with E-state index < -0.39 is 11.4 Å². The standard InChI is InChI=1S/C16H24O2/c1-5-10-16(4,15(17)18)14-8-6-13(7-9-14)11-12(2)3/h6-9,12H,5,10-11H2,1-4H3,(H,17,18). The molecule has 1 rings (SSSR count). The Kier molecular flexibility index (Phi) is 4.94. The summed E-state index contributed by atoms with van der Waals surface area (Å²) in [6.07, 6.45) is 2.58. The van der Waals surface area contributed by atoms with Gasteiger partial charge in [-0.2, -0.15) is 0 Å². The van der Waals surface area contributed by atoms with E-state index in [4.69, 9.17) is 0 Å². The lowest BCUT2D eigenvalue weighted by molar-refractivity contribution is -0.143. The van der Waals surface area contributed by atoms with E-state index in [2.05, 4.69) is 26.0 Å². The van der Waals surface area contributed by atoms with Gasteiger partial charge in [-0.3, -0.25) is 4.79 Å². The molecule has 100 valence electrons. The summed E-state index contributed by atoms with van der Waals surface area (Å²) < 4.78 is 0. The van der Waals surface area contributed by atoms with Crippen LogP contribution in [0.1, 0.15) is 51.7 Å². The van der Waals surface area contributed by atoms with Crippen molar-refractivity contribution in [3.63, 3.8) is 0 Å². The molecule has 1 N–H and O–H groups in total. The Hall–Kier alpha value is -1.31. The molecule has 0 saturated carbocycles. The second-order valence-electron chi connectivity index (χ2n) is 5.68. The summed E-state index contributed by atoms with van der Waals surface area (Å²) in [5.41, 5.74) is 1.42. The van der Waals surface area contributed by atoms with E-state index in [0.717, 1.165) is 18.4 Å². The Morgan fingerprint density at radius 2 is 1.83 bits per heavy atom. The lowest BCUT2D eigenvalue weighted by atomic mass is 9.78. The zero-order valence-electron chi connectivity index (χ0n) is 11.9. The maximum absolute atomic E-state index is 11.5.